The number of carbonyl (C=O) groups is 4. The van der Waals surface area contributed by atoms with Gasteiger partial charge in [-0.3, -0.25) is 9.59 Å². The normalized spacial score (nSPS) is 16.0. The number of alkyl carbamates (subject to hydrolysis) is 1. The number of aromatic amines is 1. The van der Waals surface area contributed by atoms with Crippen LogP contribution in [0.15, 0.2) is 42.7 Å². The SMILES string of the molecule is CC(C)(C)OC(=O)CC(NC(=O)OCc1ccccc1)C(=O)Cn1nnc(N2CCC[C@H]2C(=O)OC(COCC[Si](C)(C)C)c2ncc[nH]2)n1. The number of rotatable bonds is 17. The maximum atomic E-state index is 13.5. The molecule has 2 N–H and O–H groups in total. The molecule has 4 rings (SSSR count). The first-order valence-corrected chi connectivity index (χ1v) is 20.4. The second-order valence-corrected chi connectivity index (χ2v) is 19.9. The first-order chi connectivity index (χ1) is 23.7. The van der Waals surface area contributed by atoms with E-state index in [0.717, 1.165) is 16.4 Å². The van der Waals surface area contributed by atoms with Crippen molar-refractivity contribution in [1.82, 2.24) is 35.5 Å². The van der Waals surface area contributed by atoms with E-state index in [0.29, 0.717) is 31.8 Å². The van der Waals surface area contributed by atoms with Gasteiger partial charge < -0.3 is 34.1 Å². The fourth-order valence-corrected chi connectivity index (χ4v) is 5.79. The van der Waals surface area contributed by atoms with E-state index in [9.17, 15) is 19.2 Å². The molecule has 3 aromatic rings. The Morgan fingerprint density at radius 2 is 1.88 bits per heavy atom. The second kappa shape index (κ2) is 17.3. The van der Waals surface area contributed by atoms with Crippen molar-refractivity contribution in [3.63, 3.8) is 0 Å². The molecule has 1 amide bonds. The molecule has 3 heterocycles. The molecule has 0 saturated carbocycles. The maximum absolute atomic E-state index is 13.5. The van der Waals surface area contributed by atoms with Crippen LogP contribution in [0.25, 0.3) is 0 Å². The molecule has 1 aliphatic rings. The molecule has 1 aromatic carbocycles. The lowest BCUT2D eigenvalue weighted by molar-refractivity contribution is -0.156. The zero-order valence-corrected chi connectivity index (χ0v) is 30.6. The van der Waals surface area contributed by atoms with Gasteiger partial charge >= 0.3 is 18.0 Å². The number of ketones is 1. The van der Waals surface area contributed by atoms with Crippen molar-refractivity contribution in [3.05, 3.63) is 54.1 Å². The van der Waals surface area contributed by atoms with E-state index >= 15 is 0 Å². The van der Waals surface area contributed by atoms with Gasteiger partial charge in [-0.2, -0.15) is 4.80 Å². The molecule has 3 atom stereocenters. The summed E-state index contributed by atoms with van der Waals surface area (Å²) in [4.78, 5) is 62.2. The number of aromatic nitrogens is 6. The summed E-state index contributed by atoms with van der Waals surface area (Å²) in [6.45, 7) is 12.6. The minimum atomic E-state index is -1.30. The van der Waals surface area contributed by atoms with Crippen molar-refractivity contribution >= 4 is 37.8 Å². The van der Waals surface area contributed by atoms with Gasteiger partial charge in [0.1, 0.15) is 36.7 Å². The molecule has 1 fully saturated rings. The lowest BCUT2D eigenvalue weighted by atomic mass is 10.1. The van der Waals surface area contributed by atoms with Crippen molar-refractivity contribution < 1.29 is 38.1 Å². The summed E-state index contributed by atoms with van der Waals surface area (Å²) < 4.78 is 22.4. The van der Waals surface area contributed by atoms with Gasteiger partial charge in [-0.25, -0.2) is 14.6 Å². The second-order valence-electron chi connectivity index (χ2n) is 14.3. The highest BCUT2D eigenvalue weighted by Gasteiger charge is 2.37. The predicted octanol–water partition coefficient (Wildman–Crippen LogP) is 3.60. The van der Waals surface area contributed by atoms with Gasteiger partial charge in [0.05, 0.1) is 13.0 Å². The van der Waals surface area contributed by atoms with Gasteiger partial charge in [-0.1, -0.05) is 55.1 Å². The van der Waals surface area contributed by atoms with Crippen LogP contribution in [0.3, 0.4) is 0 Å². The standard InChI is InChI=1S/C33H48N8O8Si/c1-33(2,3)49-28(43)19-24(36-32(45)47-21-23-11-8-7-9-12-23)26(42)20-41-38-31(37-39-41)40-16-10-13-25(40)30(44)48-27(29-34-14-15-35-29)22-46-17-18-50(4,5)6/h7-9,11-12,14-15,24-25,27H,10,13,16-22H2,1-6H3,(H,34,35)(H,36,45)/t24?,25-,27?/m0/s1. The van der Waals surface area contributed by atoms with E-state index in [1.54, 1.807) is 50.2 Å². The number of nitrogens with zero attached hydrogens (tertiary/aromatic N) is 6. The summed E-state index contributed by atoms with van der Waals surface area (Å²) >= 11 is 0. The number of H-pyrrole nitrogens is 1. The summed E-state index contributed by atoms with van der Waals surface area (Å²) in [6.07, 6.45) is 2.39. The summed E-state index contributed by atoms with van der Waals surface area (Å²) in [5, 5.41) is 14.9. The monoisotopic (exact) mass is 712 g/mol. The molecule has 0 bridgehead atoms. The number of hydrogen-bond acceptors (Lipinski definition) is 13. The molecule has 17 heteroatoms. The van der Waals surface area contributed by atoms with Crippen LogP contribution in [0.5, 0.6) is 0 Å². The molecule has 1 aliphatic heterocycles. The highest BCUT2D eigenvalue weighted by molar-refractivity contribution is 6.76. The molecule has 2 aromatic heterocycles. The number of imidazole rings is 1. The molecule has 16 nitrogen and oxygen atoms in total. The quantitative estimate of drug-likeness (QED) is 0.0894. The van der Waals surface area contributed by atoms with Gasteiger partial charge in [-0.15, -0.1) is 5.10 Å². The topological polar surface area (TPSA) is 193 Å². The van der Waals surface area contributed by atoms with Crippen LogP contribution in [0.2, 0.25) is 25.7 Å². The Hall–Kier alpha value is -4.64. The lowest BCUT2D eigenvalue weighted by Crippen LogP contribution is -2.45. The molecule has 272 valence electrons. The highest BCUT2D eigenvalue weighted by atomic mass is 28.3. The number of nitrogens with one attached hydrogen (secondary N) is 2. The zero-order chi connectivity index (χ0) is 36.3. The first kappa shape index (κ1) is 38.2. The Morgan fingerprint density at radius 1 is 1.12 bits per heavy atom. The number of amides is 1. The average molecular weight is 713 g/mol. The van der Waals surface area contributed by atoms with Crippen molar-refractivity contribution in [3.8, 4) is 0 Å². The Kier molecular flexibility index (Phi) is 13.2. The maximum Gasteiger partial charge on any atom is 0.408 e. The summed E-state index contributed by atoms with van der Waals surface area (Å²) in [7, 11) is -1.30. The van der Waals surface area contributed by atoms with E-state index in [1.165, 1.54) is 0 Å². The van der Waals surface area contributed by atoms with Gasteiger partial charge in [0.15, 0.2) is 11.9 Å². The zero-order valence-electron chi connectivity index (χ0n) is 29.6. The molecular formula is C33H48N8O8Si. The molecule has 50 heavy (non-hydrogen) atoms. The van der Waals surface area contributed by atoms with Crippen LogP contribution < -0.4 is 10.2 Å². The van der Waals surface area contributed by atoms with Crippen molar-refractivity contribution in [2.24, 2.45) is 0 Å². The smallest absolute Gasteiger partial charge is 0.408 e. The van der Waals surface area contributed by atoms with Crippen LogP contribution in [-0.4, -0.2) is 99.5 Å². The first-order valence-electron chi connectivity index (χ1n) is 16.7. The third kappa shape index (κ3) is 12.4. The van der Waals surface area contributed by atoms with E-state index in [4.69, 9.17) is 18.9 Å². The molecular weight excluding hydrogens is 664 g/mol. The minimum Gasteiger partial charge on any atom is -0.460 e. The molecule has 0 radical (unpaired) electrons. The summed E-state index contributed by atoms with van der Waals surface area (Å²) in [6, 6.07) is 8.02. The number of anilines is 1. The van der Waals surface area contributed by atoms with Crippen LogP contribution in [0, 0.1) is 0 Å². The molecule has 0 spiro atoms. The molecule has 0 aliphatic carbocycles. The summed E-state index contributed by atoms with van der Waals surface area (Å²) in [5.74, 6) is -1.13. The lowest BCUT2D eigenvalue weighted by Gasteiger charge is -2.24. The van der Waals surface area contributed by atoms with Crippen LogP contribution in [0.1, 0.15) is 57.5 Å². The van der Waals surface area contributed by atoms with Crippen LogP contribution in [-0.2, 0) is 46.5 Å². The van der Waals surface area contributed by atoms with Gasteiger partial charge in [0.25, 0.3) is 5.95 Å². The number of Topliss-reactive ketones (excluding diaryl/α,β-unsaturated/α-hetero) is 1. The van der Waals surface area contributed by atoms with Gasteiger partial charge in [0, 0.05) is 33.6 Å². The van der Waals surface area contributed by atoms with E-state index in [2.05, 4.69) is 50.3 Å². The van der Waals surface area contributed by atoms with Crippen molar-refractivity contribution in [2.75, 3.05) is 24.7 Å². The van der Waals surface area contributed by atoms with Gasteiger partial charge in [0.2, 0.25) is 0 Å². The summed E-state index contributed by atoms with van der Waals surface area (Å²) in [5.41, 5.74) is -0.0455. The van der Waals surface area contributed by atoms with E-state index in [1.807, 2.05) is 18.2 Å². The number of benzene rings is 1. The largest absolute Gasteiger partial charge is 0.460 e. The Balaban J connectivity index is 1.39. The van der Waals surface area contributed by atoms with Crippen molar-refractivity contribution in [2.45, 2.75) is 103 Å². The highest BCUT2D eigenvalue weighted by Crippen LogP contribution is 2.25. The molecule has 2 unspecified atom stereocenters. The molecule has 1 saturated heterocycles. The fourth-order valence-electron chi connectivity index (χ4n) is 5.03. The van der Waals surface area contributed by atoms with Crippen LogP contribution in [0.4, 0.5) is 10.7 Å². The average Bonchev–Trinajstić information content (AvgIpc) is 3.83. The third-order valence-corrected chi connectivity index (χ3v) is 9.26. The van der Waals surface area contributed by atoms with Gasteiger partial charge in [-0.05, 0) is 50.4 Å². The van der Waals surface area contributed by atoms with Crippen molar-refractivity contribution in [1.29, 1.82) is 0 Å². The number of carbonyl (C=O) groups excluding carboxylic acids is 4. The Labute approximate surface area is 292 Å². The Morgan fingerprint density at radius 3 is 2.56 bits per heavy atom. The number of ether oxygens (including phenoxy) is 4. The minimum absolute atomic E-state index is 0.0265. The van der Waals surface area contributed by atoms with E-state index < -0.39 is 68.6 Å². The number of hydrogen-bond donors (Lipinski definition) is 2. The Bertz CT molecular complexity index is 1560. The van der Waals surface area contributed by atoms with E-state index in [-0.39, 0.29) is 19.2 Å². The number of esters is 2. The predicted molar refractivity (Wildman–Crippen MR) is 184 cm³/mol. The fraction of sp³-hybridized carbons (Fsp3) is 0.576. The number of tetrazole rings is 1. The third-order valence-electron chi connectivity index (χ3n) is 7.55. The van der Waals surface area contributed by atoms with Crippen LogP contribution >= 0.6 is 0 Å².